The number of hydrogen-bond acceptors (Lipinski definition) is 2. The number of fused-ring (bicyclic) bond motifs is 1. The summed E-state index contributed by atoms with van der Waals surface area (Å²) in [6.07, 6.45) is 2.73. The molecule has 1 aliphatic carbocycles. The fourth-order valence-corrected chi connectivity index (χ4v) is 3.10. The lowest BCUT2D eigenvalue weighted by Crippen LogP contribution is -2.43. The molecular weight excluding hydrogens is 186 g/mol. The molecular formula is C13H17NO. The van der Waals surface area contributed by atoms with E-state index in [4.69, 9.17) is 4.74 Å². The maximum Gasteiger partial charge on any atom is 0.118 e. The third-order valence-electron chi connectivity index (χ3n) is 4.22. The van der Waals surface area contributed by atoms with Gasteiger partial charge >= 0.3 is 0 Å². The molecule has 1 heterocycles. The van der Waals surface area contributed by atoms with Crippen LogP contribution in [0, 0.1) is 5.92 Å². The van der Waals surface area contributed by atoms with Crippen molar-refractivity contribution in [1.82, 2.24) is 5.32 Å². The van der Waals surface area contributed by atoms with Gasteiger partial charge in [0.05, 0.1) is 7.11 Å². The highest BCUT2D eigenvalue weighted by atomic mass is 16.5. The van der Waals surface area contributed by atoms with Crippen molar-refractivity contribution < 1.29 is 4.74 Å². The number of benzene rings is 1. The molecule has 1 aromatic rings. The minimum Gasteiger partial charge on any atom is -0.497 e. The van der Waals surface area contributed by atoms with Crippen LogP contribution in [0.4, 0.5) is 0 Å². The summed E-state index contributed by atoms with van der Waals surface area (Å²) in [6.45, 7) is 2.36. The molecule has 2 heteroatoms. The lowest BCUT2D eigenvalue weighted by molar-refractivity contribution is 0.182. The third-order valence-corrected chi connectivity index (χ3v) is 4.22. The second-order valence-electron chi connectivity index (χ2n) is 4.75. The predicted molar refractivity (Wildman–Crippen MR) is 60.3 cm³/mol. The average molecular weight is 203 g/mol. The van der Waals surface area contributed by atoms with Gasteiger partial charge in [-0.15, -0.1) is 0 Å². The van der Waals surface area contributed by atoms with E-state index in [0.717, 1.165) is 18.2 Å². The van der Waals surface area contributed by atoms with Gasteiger partial charge in [0.2, 0.25) is 0 Å². The van der Waals surface area contributed by atoms with Crippen LogP contribution in [0.15, 0.2) is 24.3 Å². The van der Waals surface area contributed by atoms with Crippen LogP contribution >= 0.6 is 0 Å². The molecule has 1 saturated carbocycles. The van der Waals surface area contributed by atoms with Gasteiger partial charge < -0.3 is 10.1 Å². The minimum atomic E-state index is 0.451. The summed E-state index contributed by atoms with van der Waals surface area (Å²) in [7, 11) is 1.72. The largest absolute Gasteiger partial charge is 0.497 e. The highest BCUT2D eigenvalue weighted by Crippen LogP contribution is 2.50. The van der Waals surface area contributed by atoms with Crippen molar-refractivity contribution in [2.45, 2.75) is 18.3 Å². The van der Waals surface area contributed by atoms with Crippen molar-refractivity contribution in [2.24, 2.45) is 5.92 Å². The molecule has 0 aromatic heterocycles. The molecule has 2 unspecified atom stereocenters. The van der Waals surface area contributed by atoms with E-state index in [0.29, 0.717) is 5.41 Å². The molecule has 1 aromatic carbocycles. The van der Waals surface area contributed by atoms with E-state index in [9.17, 15) is 0 Å². The number of methoxy groups -OCH3 is 1. The van der Waals surface area contributed by atoms with Gasteiger partial charge in [-0.05, 0) is 43.0 Å². The molecule has 2 fully saturated rings. The smallest absolute Gasteiger partial charge is 0.118 e. The van der Waals surface area contributed by atoms with Crippen molar-refractivity contribution in [3.63, 3.8) is 0 Å². The van der Waals surface area contributed by atoms with Crippen molar-refractivity contribution in [1.29, 1.82) is 0 Å². The number of rotatable bonds is 2. The summed E-state index contributed by atoms with van der Waals surface area (Å²) in [4.78, 5) is 0. The first-order valence-electron chi connectivity index (χ1n) is 5.70. The minimum absolute atomic E-state index is 0.451. The van der Waals surface area contributed by atoms with E-state index in [1.54, 1.807) is 7.11 Å². The first-order valence-corrected chi connectivity index (χ1v) is 5.70. The Kier molecular flexibility index (Phi) is 1.99. The van der Waals surface area contributed by atoms with Crippen molar-refractivity contribution >= 4 is 0 Å². The molecule has 1 aliphatic heterocycles. The number of nitrogens with one attached hydrogen (secondary N) is 1. The summed E-state index contributed by atoms with van der Waals surface area (Å²) in [5.74, 6) is 1.82. The molecule has 15 heavy (non-hydrogen) atoms. The lowest BCUT2D eigenvalue weighted by atomic mass is 9.59. The molecule has 2 atom stereocenters. The molecule has 3 rings (SSSR count). The van der Waals surface area contributed by atoms with Crippen LogP contribution in [0.25, 0.3) is 0 Å². The van der Waals surface area contributed by atoms with Crippen molar-refractivity contribution in [2.75, 3.05) is 20.2 Å². The number of ether oxygens (including phenoxy) is 1. The van der Waals surface area contributed by atoms with Crippen molar-refractivity contribution in [3.8, 4) is 5.75 Å². The highest BCUT2D eigenvalue weighted by Gasteiger charge is 2.50. The highest BCUT2D eigenvalue weighted by molar-refractivity contribution is 5.36. The zero-order valence-corrected chi connectivity index (χ0v) is 9.12. The topological polar surface area (TPSA) is 21.3 Å². The van der Waals surface area contributed by atoms with Gasteiger partial charge in [-0.25, -0.2) is 0 Å². The Labute approximate surface area is 90.6 Å². The van der Waals surface area contributed by atoms with E-state index in [2.05, 4.69) is 29.6 Å². The van der Waals surface area contributed by atoms with E-state index >= 15 is 0 Å². The monoisotopic (exact) mass is 203 g/mol. The van der Waals surface area contributed by atoms with Crippen LogP contribution in [-0.4, -0.2) is 20.2 Å². The summed E-state index contributed by atoms with van der Waals surface area (Å²) in [5.41, 5.74) is 1.94. The summed E-state index contributed by atoms with van der Waals surface area (Å²) >= 11 is 0. The first-order chi connectivity index (χ1) is 7.35. The molecule has 1 saturated heterocycles. The van der Waals surface area contributed by atoms with Crippen LogP contribution in [0.1, 0.15) is 18.4 Å². The zero-order valence-electron chi connectivity index (χ0n) is 9.12. The molecule has 0 radical (unpaired) electrons. The average Bonchev–Trinajstić information content (AvgIpc) is 2.56. The molecule has 0 amide bonds. The van der Waals surface area contributed by atoms with Crippen LogP contribution in [-0.2, 0) is 5.41 Å². The predicted octanol–water partition coefficient (Wildman–Crippen LogP) is 1.95. The van der Waals surface area contributed by atoms with Gasteiger partial charge in [0.15, 0.2) is 0 Å². The van der Waals surface area contributed by atoms with Crippen molar-refractivity contribution in [3.05, 3.63) is 29.8 Å². The van der Waals surface area contributed by atoms with Crippen LogP contribution < -0.4 is 10.1 Å². The van der Waals surface area contributed by atoms with Crippen LogP contribution in [0.2, 0.25) is 0 Å². The van der Waals surface area contributed by atoms with Gasteiger partial charge in [0, 0.05) is 12.0 Å². The molecule has 2 aliphatic rings. The van der Waals surface area contributed by atoms with Gasteiger partial charge in [0.1, 0.15) is 5.75 Å². The Morgan fingerprint density at radius 2 is 2.13 bits per heavy atom. The summed E-state index contributed by atoms with van der Waals surface area (Å²) < 4.78 is 5.19. The molecule has 0 bridgehead atoms. The van der Waals surface area contributed by atoms with E-state index in [1.807, 2.05) is 0 Å². The fraction of sp³-hybridized carbons (Fsp3) is 0.538. The maximum absolute atomic E-state index is 5.19. The van der Waals surface area contributed by atoms with Gasteiger partial charge in [-0.1, -0.05) is 12.1 Å². The summed E-state index contributed by atoms with van der Waals surface area (Å²) in [6, 6.07) is 8.63. The van der Waals surface area contributed by atoms with Gasteiger partial charge in [0.25, 0.3) is 0 Å². The third kappa shape index (κ3) is 1.21. The van der Waals surface area contributed by atoms with E-state index < -0.39 is 0 Å². The Morgan fingerprint density at radius 3 is 2.67 bits per heavy atom. The van der Waals surface area contributed by atoms with Gasteiger partial charge in [-0.2, -0.15) is 0 Å². The quantitative estimate of drug-likeness (QED) is 0.793. The second kappa shape index (κ2) is 3.24. The van der Waals surface area contributed by atoms with E-state index in [-0.39, 0.29) is 0 Å². The molecule has 80 valence electrons. The van der Waals surface area contributed by atoms with Gasteiger partial charge in [-0.3, -0.25) is 0 Å². The first kappa shape index (κ1) is 9.22. The Hall–Kier alpha value is -1.02. The maximum atomic E-state index is 5.19. The zero-order chi connectivity index (χ0) is 10.3. The normalized spacial score (nSPS) is 33.3. The SMILES string of the molecule is COc1ccc(C23CCC2CNC3)cc1. The Morgan fingerprint density at radius 1 is 1.33 bits per heavy atom. The number of hydrogen-bond donors (Lipinski definition) is 1. The van der Waals surface area contributed by atoms with Crippen LogP contribution in [0.5, 0.6) is 5.75 Å². The Balaban J connectivity index is 1.92. The van der Waals surface area contributed by atoms with E-state index in [1.165, 1.54) is 24.9 Å². The molecule has 1 N–H and O–H groups in total. The summed E-state index contributed by atoms with van der Waals surface area (Å²) in [5, 5.41) is 3.52. The Bertz CT molecular complexity index is 359. The fourth-order valence-electron chi connectivity index (χ4n) is 3.10. The standard InChI is InChI=1S/C13H17NO/c1-15-12-4-2-10(3-5-12)13-7-6-11(13)8-14-9-13/h2-5,11,14H,6-9H2,1H3. The van der Waals surface area contributed by atoms with Crippen LogP contribution in [0.3, 0.4) is 0 Å². The second-order valence-corrected chi connectivity index (χ2v) is 4.75. The molecule has 0 spiro atoms. The lowest BCUT2D eigenvalue weighted by Gasteiger charge is -2.44. The molecule has 2 nitrogen and oxygen atoms in total.